The Morgan fingerprint density at radius 1 is 1.10 bits per heavy atom. The van der Waals surface area contributed by atoms with Crippen LogP contribution in [0, 0.1) is 12.8 Å². The maximum atomic E-state index is 12.7. The molecule has 0 bridgehead atoms. The van der Waals surface area contributed by atoms with E-state index >= 15 is 0 Å². The lowest BCUT2D eigenvalue weighted by molar-refractivity contribution is -0.137. The van der Waals surface area contributed by atoms with E-state index in [9.17, 15) is 18.0 Å². The molecule has 0 aliphatic carbocycles. The molecule has 30 heavy (non-hydrogen) atoms. The van der Waals surface area contributed by atoms with Gasteiger partial charge in [-0.15, -0.1) is 0 Å². The molecule has 1 amide bonds. The van der Waals surface area contributed by atoms with Gasteiger partial charge in [-0.05, 0) is 30.5 Å². The highest BCUT2D eigenvalue weighted by atomic mass is 19.4. The van der Waals surface area contributed by atoms with E-state index in [-0.39, 0.29) is 17.6 Å². The summed E-state index contributed by atoms with van der Waals surface area (Å²) < 4.78 is 39.5. The van der Waals surface area contributed by atoms with Gasteiger partial charge in [-0.25, -0.2) is 9.67 Å². The summed E-state index contributed by atoms with van der Waals surface area (Å²) in [6.07, 6.45) is -2.30. The zero-order valence-electron chi connectivity index (χ0n) is 16.9. The van der Waals surface area contributed by atoms with E-state index < -0.39 is 11.7 Å². The van der Waals surface area contributed by atoms with E-state index in [0.717, 1.165) is 17.8 Å². The first-order valence-corrected chi connectivity index (χ1v) is 9.60. The van der Waals surface area contributed by atoms with Crippen LogP contribution in [0.2, 0.25) is 0 Å². The molecule has 1 unspecified atom stereocenters. The van der Waals surface area contributed by atoms with Gasteiger partial charge in [0.1, 0.15) is 0 Å². The van der Waals surface area contributed by atoms with Crippen molar-refractivity contribution in [1.82, 2.24) is 20.1 Å². The number of nitrogens with one attached hydrogen (secondary N) is 1. The van der Waals surface area contributed by atoms with E-state index in [1.807, 2.05) is 30.3 Å². The Labute approximate surface area is 173 Å². The number of alkyl halides is 3. The highest BCUT2D eigenvalue weighted by Gasteiger charge is 2.31. The fourth-order valence-corrected chi connectivity index (χ4v) is 3.28. The molecule has 1 aromatic carbocycles. The van der Waals surface area contributed by atoms with Gasteiger partial charge < -0.3 is 5.32 Å². The average molecular weight is 416 g/mol. The van der Waals surface area contributed by atoms with Gasteiger partial charge in [0, 0.05) is 18.7 Å². The molecule has 0 saturated heterocycles. The Morgan fingerprint density at radius 2 is 1.80 bits per heavy atom. The molecular formula is C22H23F3N4O. The maximum absolute atomic E-state index is 12.7. The van der Waals surface area contributed by atoms with Crippen molar-refractivity contribution < 1.29 is 18.0 Å². The van der Waals surface area contributed by atoms with E-state index in [1.165, 1.54) is 16.9 Å². The molecule has 0 spiro atoms. The van der Waals surface area contributed by atoms with Crippen molar-refractivity contribution in [3.8, 4) is 5.82 Å². The number of rotatable bonds is 6. The van der Waals surface area contributed by atoms with Crippen molar-refractivity contribution in [3.63, 3.8) is 0 Å². The molecule has 5 nitrogen and oxygen atoms in total. The molecule has 3 rings (SSSR count). The first-order chi connectivity index (χ1) is 14.2. The molecule has 3 aromatic rings. The second-order valence-electron chi connectivity index (χ2n) is 7.43. The zero-order valence-corrected chi connectivity index (χ0v) is 16.9. The van der Waals surface area contributed by atoms with Crippen molar-refractivity contribution in [2.24, 2.45) is 5.92 Å². The van der Waals surface area contributed by atoms with Crippen LogP contribution < -0.4 is 5.32 Å². The van der Waals surface area contributed by atoms with Crippen molar-refractivity contribution in [2.45, 2.75) is 32.9 Å². The third-order valence-corrected chi connectivity index (χ3v) is 5.06. The van der Waals surface area contributed by atoms with Crippen LogP contribution in [-0.2, 0) is 6.18 Å². The number of amides is 1. The fraction of sp³-hybridized carbons (Fsp3) is 0.318. The van der Waals surface area contributed by atoms with Crippen LogP contribution in [0.5, 0.6) is 0 Å². The SMILES string of the molecule is Cc1c(C(=O)NCC(c2ccccc2)C(C)C)cnn1-c1ccc(C(F)(F)F)cn1. The third kappa shape index (κ3) is 4.69. The van der Waals surface area contributed by atoms with Crippen LogP contribution in [0.25, 0.3) is 5.82 Å². The van der Waals surface area contributed by atoms with Gasteiger partial charge in [0.25, 0.3) is 5.91 Å². The predicted molar refractivity (Wildman–Crippen MR) is 107 cm³/mol. The number of aromatic nitrogens is 3. The topological polar surface area (TPSA) is 59.8 Å². The lowest BCUT2D eigenvalue weighted by Gasteiger charge is -2.21. The normalized spacial score (nSPS) is 12.8. The number of carbonyl (C=O) groups is 1. The molecule has 0 aliphatic rings. The third-order valence-electron chi connectivity index (χ3n) is 5.06. The molecule has 8 heteroatoms. The van der Waals surface area contributed by atoms with Gasteiger partial charge in [0.05, 0.1) is 23.0 Å². The number of halogens is 3. The van der Waals surface area contributed by atoms with Crippen molar-refractivity contribution >= 4 is 5.91 Å². The average Bonchev–Trinajstić information content (AvgIpc) is 3.09. The lowest BCUT2D eigenvalue weighted by atomic mass is 9.88. The van der Waals surface area contributed by atoms with Crippen LogP contribution in [0.4, 0.5) is 13.2 Å². The number of hydrogen-bond donors (Lipinski definition) is 1. The monoisotopic (exact) mass is 416 g/mol. The summed E-state index contributed by atoms with van der Waals surface area (Å²) in [5.74, 6) is 0.408. The molecular weight excluding hydrogens is 393 g/mol. The summed E-state index contributed by atoms with van der Waals surface area (Å²) in [4.78, 5) is 16.6. The molecule has 1 N–H and O–H groups in total. The van der Waals surface area contributed by atoms with Crippen LogP contribution >= 0.6 is 0 Å². The first-order valence-electron chi connectivity index (χ1n) is 9.60. The smallest absolute Gasteiger partial charge is 0.351 e. The second kappa shape index (κ2) is 8.69. The van der Waals surface area contributed by atoms with Crippen molar-refractivity contribution in [3.05, 3.63) is 77.2 Å². The number of benzene rings is 1. The van der Waals surface area contributed by atoms with Gasteiger partial charge in [-0.2, -0.15) is 18.3 Å². The van der Waals surface area contributed by atoms with E-state index in [0.29, 0.717) is 23.7 Å². The Balaban J connectivity index is 1.74. The quantitative estimate of drug-likeness (QED) is 0.630. The van der Waals surface area contributed by atoms with E-state index in [1.54, 1.807) is 6.92 Å². The summed E-state index contributed by atoms with van der Waals surface area (Å²) in [5.41, 5.74) is 1.16. The fourth-order valence-electron chi connectivity index (χ4n) is 3.28. The van der Waals surface area contributed by atoms with Crippen LogP contribution in [-0.4, -0.2) is 27.2 Å². The van der Waals surface area contributed by atoms with Crippen LogP contribution in [0.1, 0.15) is 46.9 Å². The molecule has 2 heterocycles. The number of carbonyl (C=O) groups excluding carboxylic acids is 1. The minimum Gasteiger partial charge on any atom is -0.351 e. The lowest BCUT2D eigenvalue weighted by Crippen LogP contribution is -2.30. The number of pyridine rings is 1. The predicted octanol–water partition coefficient (Wildman–Crippen LogP) is 4.76. The Bertz CT molecular complexity index is 995. The summed E-state index contributed by atoms with van der Waals surface area (Å²) in [7, 11) is 0. The minimum atomic E-state index is -4.46. The van der Waals surface area contributed by atoms with Gasteiger partial charge in [-0.1, -0.05) is 44.2 Å². The number of nitrogens with zero attached hydrogens (tertiary/aromatic N) is 3. The zero-order chi connectivity index (χ0) is 21.9. The highest BCUT2D eigenvalue weighted by Crippen LogP contribution is 2.29. The van der Waals surface area contributed by atoms with Crippen LogP contribution in [0.3, 0.4) is 0 Å². The Hall–Kier alpha value is -3.16. The maximum Gasteiger partial charge on any atom is 0.417 e. The van der Waals surface area contributed by atoms with E-state index in [4.69, 9.17) is 0 Å². The van der Waals surface area contributed by atoms with Crippen molar-refractivity contribution in [2.75, 3.05) is 6.54 Å². The summed E-state index contributed by atoms with van der Waals surface area (Å²) in [5, 5.41) is 7.08. The Morgan fingerprint density at radius 3 is 2.37 bits per heavy atom. The van der Waals surface area contributed by atoms with Crippen LogP contribution in [0.15, 0.2) is 54.9 Å². The van der Waals surface area contributed by atoms with E-state index in [2.05, 4.69) is 29.2 Å². The second-order valence-corrected chi connectivity index (χ2v) is 7.43. The first kappa shape index (κ1) is 21.5. The summed E-state index contributed by atoms with van der Waals surface area (Å²) in [6.45, 7) is 6.34. The summed E-state index contributed by atoms with van der Waals surface area (Å²) >= 11 is 0. The summed E-state index contributed by atoms with van der Waals surface area (Å²) in [6, 6.07) is 12.1. The van der Waals surface area contributed by atoms with Gasteiger partial charge in [0.15, 0.2) is 5.82 Å². The molecule has 0 fully saturated rings. The molecule has 0 saturated carbocycles. The van der Waals surface area contributed by atoms with Crippen molar-refractivity contribution in [1.29, 1.82) is 0 Å². The molecule has 0 aliphatic heterocycles. The molecule has 1 atom stereocenters. The minimum absolute atomic E-state index is 0.155. The Kier molecular flexibility index (Phi) is 6.24. The largest absolute Gasteiger partial charge is 0.417 e. The van der Waals surface area contributed by atoms with Gasteiger partial charge in [0.2, 0.25) is 0 Å². The molecule has 158 valence electrons. The number of hydrogen-bond acceptors (Lipinski definition) is 3. The molecule has 0 radical (unpaired) electrons. The van der Waals surface area contributed by atoms with Gasteiger partial charge >= 0.3 is 6.18 Å². The molecule has 2 aromatic heterocycles. The standard InChI is InChI=1S/C22H23F3N4O/c1-14(2)18(16-7-5-4-6-8-16)12-27-21(30)19-13-28-29(15(19)3)20-10-9-17(11-26-20)22(23,24)25/h4-11,13-14,18H,12H2,1-3H3,(H,27,30). The van der Waals surface area contributed by atoms with Gasteiger partial charge in [-0.3, -0.25) is 4.79 Å². The highest BCUT2D eigenvalue weighted by molar-refractivity contribution is 5.95.